The first-order chi connectivity index (χ1) is 13.2. The molecule has 1 atom stereocenters. The molecule has 0 spiro atoms. The number of hydrogen-bond acceptors (Lipinski definition) is 5. The van der Waals surface area contributed by atoms with Crippen LogP contribution in [0.1, 0.15) is 44.3 Å². The van der Waals surface area contributed by atoms with Crippen LogP contribution in [0.4, 0.5) is 17.5 Å². The molecule has 1 fully saturated rings. The molecule has 2 aromatic carbocycles. The number of fused-ring (bicyclic) bond motifs is 1. The van der Waals surface area contributed by atoms with Crippen molar-refractivity contribution in [2.75, 3.05) is 23.3 Å². The Balaban J connectivity index is 1.72. The Hall–Kier alpha value is -2.66. The van der Waals surface area contributed by atoms with E-state index in [1.165, 1.54) is 25.7 Å². The summed E-state index contributed by atoms with van der Waals surface area (Å²) in [5.74, 6) is 1.60. The summed E-state index contributed by atoms with van der Waals surface area (Å²) >= 11 is 0. The lowest BCUT2D eigenvalue weighted by molar-refractivity contribution is 0.199. The van der Waals surface area contributed by atoms with Crippen molar-refractivity contribution >= 4 is 28.4 Å². The third-order valence-corrected chi connectivity index (χ3v) is 5.11. The first-order valence-corrected chi connectivity index (χ1v) is 9.77. The lowest BCUT2D eigenvalue weighted by Crippen LogP contribution is -2.25. The number of aromatic nitrogens is 2. The predicted octanol–water partition coefficient (Wildman–Crippen LogP) is 4.81. The minimum atomic E-state index is -0.503. The zero-order chi connectivity index (χ0) is 18.6. The maximum absolute atomic E-state index is 9.83. The van der Waals surface area contributed by atoms with Crippen LogP contribution in [0.3, 0.4) is 0 Å². The summed E-state index contributed by atoms with van der Waals surface area (Å²) in [6, 6.07) is 16.0. The molecule has 1 unspecified atom stereocenters. The van der Waals surface area contributed by atoms with Crippen LogP contribution in [0.15, 0.2) is 48.5 Å². The third-order valence-electron chi connectivity index (χ3n) is 5.11. The van der Waals surface area contributed by atoms with E-state index in [-0.39, 0.29) is 0 Å². The summed E-state index contributed by atoms with van der Waals surface area (Å²) < 4.78 is 0. The molecule has 1 saturated heterocycles. The number of para-hydroxylation sites is 1. The highest BCUT2D eigenvalue weighted by atomic mass is 16.3. The van der Waals surface area contributed by atoms with Gasteiger partial charge in [-0.25, -0.2) is 4.98 Å². The van der Waals surface area contributed by atoms with Crippen LogP contribution in [0.25, 0.3) is 10.9 Å². The van der Waals surface area contributed by atoms with Gasteiger partial charge in [-0.2, -0.15) is 4.98 Å². The Morgan fingerprint density at radius 3 is 2.52 bits per heavy atom. The third kappa shape index (κ3) is 4.03. The van der Waals surface area contributed by atoms with Gasteiger partial charge in [-0.1, -0.05) is 37.1 Å². The van der Waals surface area contributed by atoms with Crippen molar-refractivity contribution in [1.29, 1.82) is 0 Å². The molecule has 2 N–H and O–H groups in total. The topological polar surface area (TPSA) is 61.3 Å². The van der Waals surface area contributed by atoms with E-state index in [0.29, 0.717) is 5.95 Å². The number of aliphatic hydroxyl groups excluding tert-OH is 1. The predicted molar refractivity (Wildman–Crippen MR) is 111 cm³/mol. The van der Waals surface area contributed by atoms with E-state index >= 15 is 0 Å². The Bertz CT molecular complexity index is 917. The van der Waals surface area contributed by atoms with Crippen LogP contribution in [0, 0.1) is 0 Å². The van der Waals surface area contributed by atoms with Gasteiger partial charge in [0.05, 0.1) is 11.6 Å². The SMILES string of the molecule is CC(O)c1cccc(Nc2nc(N3CCCCCC3)c3ccccc3n2)c1. The zero-order valence-corrected chi connectivity index (χ0v) is 15.7. The molecule has 5 heteroatoms. The minimum Gasteiger partial charge on any atom is -0.389 e. The second-order valence-corrected chi connectivity index (χ2v) is 7.22. The average Bonchev–Trinajstić information content (AvgIpc) is 2.97. The Labute approximate surface area is 160 Å². The quantitative estimate of drug-likeness (QED) is 0.697. The highest BCUT2D eigenvalue weighted by Crippen LogP contribution is 2.28. The van der Waals surface area contributed by atoms with Crippen LogP contribution in [-0.2, 0) is 0 Å². The van der Waals surface area contributed by atoms with E-state index in [1.807, 2.05) is 42.5 Å². The molecule has 1 aliphatic heterocycles. The van der Waals surface area contributed by atoms with Crippen LogP contribution < -0.4 is 10.2 Å². The molecule has 5 nitrogen and oxygen atoms in total. The first kappa shape index (κ1) is 17.7. The number of benzene rings is 2. The van der Waals surface area contributed by atoms with E-state index in [9.17, 15) is 5.11 Å². The second-order valence-electron chi connectivity index (χ2n) is 7.22. The highest BCUT2D eigenvalue weighted by molar-refractivity contribution is 5.90. The van der Waals surface area contributed by atoms with Gasteiger partial charge in [-0.05, 0) is 49.6 Å². The summed E-state index contributed by atoms with van der Waals surface area (Å²) in [5.41, 5.74) is 2.69. The van der Waals surface area contributed by atoms with Crippen molar-refractivity contribution in [3.05, 3.63) is 54.1 Å². The van der Waals surface area contributed by atoms with Gasteiger partial charge >= 0.3 is 0 Å². The molecule has 2 heterocycles. The highest BCUT2D eigenvalue weighted by Gasteiger charge is 2.16. The summed E-state index contributed by atoms with van der Waals surface area (Å²) in [6.45, 7) is 3.85. The Morgan fingerprint density at radius 1 is 0.963 bits per heavy atom. The molecule has 0 saturated carbocycles. The summed E-state index contributed by atoms with van der Waals surface area (Å²) in [5, 5.41) is 14.3. The lowest BCUT2D eigenvalue weighted by atomic mass is 10.1. The molecule has 27 heavy (non-hydrogen) atoms. The van der Waals surface area contributed by atoms with Crippen LogP contribution in [0.2, 0.25) is 0 Å². The molecular weight excluding hydrogens is 336 g/mol. The molecule has 0 aliphatic carbocycles. The molecule has 1 aromatic heterocycles. The maximum Gasteiger partial charge on any atom is 0.229 e. The largest absolute Gasteiger partial charge is 0.389 e. The van der Waals surface area contributed by atoms with E-state index < -0.39 is 6.10 Å². The van der Waals surface area contributed by atoms with E-state index in [2.05, 4.69) is 16.3 Å². The number of rotatable bonds is 4. The van der Waals surface area contributed by atoms with Gasteiger partial charge < -0.3 is 15.3 Å². The molecular formula is C22H26N4O. The van der Waals surface area contributed by atoms with Gasteiger partial charge in [0.1, 0.15) is 5.82 Å². The Morgan fingerprint density at radius 2 is 1.74 bits per heavy atom. The number of anilines is 3. The van der Waals surface area contributed by atoms with Crippen LogP contribution in [0.5, 0.6) is 0 Å². The zero-order valence-electron chi connectivity index (χ0n) is 15.7. The molecule has 4 rings (SSSR count). The Kier molecular flexibility index (Phi) is 5.21. The van der Waals surface area contributed by atoms with Crippen molar-refractivity contribution in [1.82, 2.24) is 9.97 Å². The van der Waals surface area contributed by atoms with Crippen LogP contribution >= 0.6 is 0 Å². The van der Waals surface area contributed by atoms with Gasteiger partial charge in [0.2, 0.25) is 5.95 Å². The van der Waals surface area contributed by atoms with Crippen molar-refractivity contribution in [2.45, 2.75) is 38.7 Å². The number of nitrogens with one attached hydrogen (secondary N) is 1. The van der Waals surface area contributed by atoms with E-state index in [1.54, 1.807) is 6.92 Å². The fourth-order valence-electron chi connectivity index (χ4n) is 3.64. The van der Waals surface area contributed by atoms with Crippen molar-refractivity contribution in [3.8, 4) is 0 Å². The molecule has 3 aromatic rings. The van der Waals surface area contributed by atoms with Crippen molar-refractivity contribution in [2.24, 2.45) is 0 Å². The monoisotopic (exact) mass is 362 g/mol. The molecule has 0 bridgehead atoms. The van der Waals surface area contributed by atoms with Crippen LogP contribution in [-0.4, -0.2) is 28.2 Å². The van der Waals surface area contributed by atoms with Gasteiger partial charge in [0.25, 0.3) is 0 Å². The minimum absolute atomic E-state index is 0.503. The number of nitrogens with zero attached hydrogens (tertiary/aromatic N) is 3. The fourth-order valence-corrected chi connectivity index (χ4v) is 3.64. The number of aliphatic hydroxyl groups is 1. The first-order valence-electron chi connectivity index (χ1n) is 9.77. The molecule has 1 aliphatic rings. The summed E-state index contributed by atoms with van der Waals surface area (Å²) in [7, 11) is 0. The fraction of sp³-hybridized carbons (Fsp3) is 0.364. The standard InChI is InChI=1S/C22H26N4O/c1-16(27)17-9-8-10-18(15-17)23-22-24-20-12-5-4-11-19(20)21(25-22)26-13-6-2-3-7-14-26/h4-5,8-12,15-16,27H,2-3,6-7,13-14H2,1H3,(H,23,24,25). The lowest BCUT2D eigenvalue weighted by Gasteiger charge is -2.23. The van der Waals surface area contributed by atoms with E-state index in [0.717, 1.165) is 41.1 Å². The second kappa shape index (κ2) is 7.92. The van der Waals surface area contributed by atoms with Gasteiger partial charge in [0, 0.05) is 24.2 Å². The van der Waals surface area contributed by atoms with Crippen molar-refractivity contribution < 1.29 is 5.11 Å². The van der Waals surface area contributed by atoms with Gasteiger partial charge in [-0.3, -0.25) is 0 Å². The maximum atomic E-state index is 9.83. The van der Waals surface area contributed by atoms with E-state index in [4.69, 9.17) is 9.97 Å². The molecule has 0 radical (unpaired) electrons. The van der Waals surface area contributed by atoms with Gasteiger partial charge in [0.15, 0.2) is 0 Å². The molecule has 140 valence electrons. The number of hydrogen-bond donors (Lipinski definition) is 2. The van der Waals surface area contributed by atoms with Crippen molar-refractivity contribution in [3.63, 3.8) is 0 Å². The normalized spacial score (nSPS) is 16.1. The summed E-state index contributed by atoms with van der Waals surface area (Å²) in [6.07, 6.45) is 4.49. The average molecular weight is 362 g/mol. The van der Waals surface area contributed by atoms with Gasteiger partial charge in [-0.15, -0.1) is 0 Å². The molecule has 0 amide bonds. The summed E-state index contributed by atoms with van der Waals surface area (Å²) in [4.78, 5) is 12.0. The smallest absolute Gasteiger partial charge is 0.229 e.